The molecule has 4 aromatic carbocycles. The van der Waals surface area contributed by atoms with Gasteiger partial charge in [-0.15, -0.1) is 0 Å². The second-order valence-electron chi connectivity index (χ2n) is 10.7. The Morgan fingerprint density at radius 3 is 2.44 bits per heavy atom. The second-order valence-corrected chi connectivity index (χ2v) is 11.7. The molecular formula is C36H32N2O6S. The Morgan fingerprint density at radius 1 is 0.933 bits per heavy atom. The Morgan fingerprint density at radius 2 is 1.71 bits per heavy atom. The number of rotatable bonds is 10. The van der Waals surface area contributed by atoms with Crippen LogP contribution in [0.15, 0.2) is 96.6 Å². The number of aliphatic hydroxyl groups is 1. The standard InChI is InChI=1S/C36H32N2O6S/c1-4-18-43-26-14-11-24(12-15-26)33(39)31-32(25-13-17-28(29(20-25)42-3)44-21-23-8-6-5-7-9-23)38(35(41)34(31)40)36-37-27-16-10-22(2)19-30(27)45-36/h5-17,19-20,32,39H,4,18,21H2,1-3H3/b33-31+. The average Bonchev–Trinajstić information content (AvgIpc) is 3.60. The molecule has 228 valence electrons. The molecule has 5 aromatic rings. The first kappa shape index (κ1) is 29.9. The largest absolute Gasteiger partial charge is 0.507 e. The summed E-state index contributed by atoms with van der Waals surface area (Å²) in [6.07, 6.45) is 0.857. The zero-order valence-electron chi connectivity index (χ0n) is 25.2. The quantitative estimate of drug-likeness (QED) is 0.0975. The minimum atomic E-state index is -0.972. The molecule has 0 radical (unpaired) electrons. The number of carbonyl (C=O) groups excluding carboxylic acids is 2. The van der Waals surface area contributed by atoms with Crippen molar-refractivity contribution in [3.05, 3.63) is 119 Å². The van der Waals surface area contributed by atoms with Gasteiger partial charge in [-0.2, -0.15) is 0 Å². The molecule has 1 aliphatic heterocycles. The summed E-state index contributed by atoms with van der Waals surface area (Å²) >= 11 is 1.32. The molecule has 2 heterocycles. The Balaban J connectivity index is 1.45. The molecule has 0 saturated carbocycles. The Kier molecular flexibility index (Phi) is 8.53. The predicted molar refractivity (Wildman–Crippen MR) is 175 cm³/mol. The van der Waals surface area contributed by atoms with E-state index in [-0.39, 0.29) is 11.3 Å². The summed E-state index contributed by atoms with van der Waals surface area (Å²) in [5, 5.41) is 12.0. The lowest BCUT2D eigenvalue weighted by Gasteiger charge is -2.24. The van der Waals surface area contributed by atoms with Crippen molar-refractivity contribution in [2.45, 2.75) is 32.9 Å². The van der Waals surface area contributed by atoms with E-state index in [0.29, 0.717) is 52.2 Å². The van der Waals surface area contributed by atoms with Gasteiger partial charge in [0.1, 0.15) is 18.1 Å². The topological polar surface area (TPSA) is 98.2 Å². The van der Waals surface area contributed by atoms with E-state index in [1.54, 1.807) is 42.5 Å². The van der Waals surface area contributed by atoms with Crippen LogP contribution in [0.1, 0.15) is 41.6 Å². The van der Waals surface area contributed by atoms with Crippen LogP contribution in [0.2, 0.25) is 0 Å². The fraction of sp³-hybridized carbons (Fsp3) is 0.194. The van der Waals surface area contributed by atoms with Gasteiger partial charge in [-0.1, -0.05) is 60.7 Å². The van der Waals surface area contributed by atoms with Gasteiger partial charge in [-0.05, 0) is 78.6 Å². The number of carbonyl (C=O) groups is 2. The van der Waals surface area contributed by atoms with Gasteiger partial charge < -0.3 is 19.3 Å². The van der Waals surface area contributed by atoms with Crippen LogP contribution in [0.25, 0.3) is 16.0 Å². The first-order valence-corrected chi connectivity index (χ1v) is 15.5. The van der Waals surface area contributed by atoms with Crippen LogP contribution >= 0.6 is 11.3 Å². The van der Waals surface area contributed by atoms with E-state index in [9.17, 15) is 14.7 Å². The van der Waals surface area contributed by atoms with Crippen LogP contribution in [0.3, 0.4) is 0 Å². The highest BCUT2D eigenvalue weighted by Crippen LogP contribution is 2.46. The van der Waals surface area contributed by atoms with Gasteiger partial charge in [0.05, 0.1) is 35.5 Å². The van der Waals surface area contributed by atoms with Crippen molar-refractivity contribution in [1.82, 2.24) is 4.98 Å². The summed E-state index contributed by atoms with van der Waals surface area (Å²) in [6.45, 7) is 4.89. The highest BCUT2D eigenvalue weighted by molar-refractivity contribution is 7.22. The van der Waals surface area contributed by atoms with E-state index < -0.39 is 17.7 Å². The number of methoxy groups -OCH3 is 1. The highest BCUT2D eigenvalue weighted by atomic mass is 32.1. The molecule has 1 aliphatic rings. The van der Waals surface area contributed by atoms with Crippen molar-refractivity contribution >= 4 is 44.1 Å². The molecule has 0 spiro atoms. The lowest BCUT2D eigenvalue weighted by molar-refractivity contribution is -0.132. The van der Waals surface area contributed by atoms with Crippen molar-refractivity contribution in [1.29, 1.82) is 0 Å². The van der Waals surface area contributed by atoms with Crippen LogP contribution < -0.4 is 19.1 Å². The number of nitrogens with zero attached hydrogens (tertiary/aromatic N) is 2. The molecule has 8 nitrogen and oxygen atoms in total. The van der Waals surface area contributed by atoms with Crippen molar-refractivity contribution in [2.24, 2.45) is 0 Å². The molecular weight excluding hydrogens is 588 g/mol. The van der Waals surface area contributed by atoms with Gasteiger partial charge in [0, 0.05) is 5.56 Å². The third kappa shape index (κ3) is 5.99. The summed E-state index contributed by atoms with van der Waals surface area (Å²) < 4.78 is 18.3. The lowest BCUT2D eigenvalue weighted by atomic mass is 9.95. The van der Waals surface area contributed by atoms with Gasteiger partial charge in [0.25, 0.3) is 5.78 Å². The Labute approximate surface area is 265 Å². The van der Waals surface area contributed by atoms with E-state index in [2.05, 4.69) is 0 Å². The number of anilines is 1. The van der Waals surface area contributed by atoms with E-state index in [0.717, 1.165) is 22.2 Å². The minimum Gasteiger partial charge on any atom is -0.507 e. The molecule has 45 heavy (non-hydrogen) atoms. The number of thiazole rings is 1. The zero-order chi connectivity index (χ0) is 31.5. The Hall–Kier alpha value is -5.15. The number of aryl methyl sites for hydroxylation is 1. The van der Waals surface area contributed by atoms with Gasteiger partial charge in [-0.3, -0.25) is 14.5 Å². The van der Waals surface area contributed by atoms with Crippen molar-refractivity contribution in [3.8, 4) is 17.2 Å². The van der Waals surface area contributed by atoms with Crippen molar-refractivity contribution in [2.75, 3.05) is 18.6 Å². The average molecular weight is 621 g/mol. The SMILES string of the molecule is CCCOc1ccc(/C(O)=C2\C(=O)C(=O)N(c3nc4ccc(C)cc4s3)C2c2ccc(OCc3ccccc3)c(OC)c2)cc1. The first-order valence-electron chi connectivity index (χ1n) is 14.6. The van der Waals surface area contributed by atoms with Crippen LogP contribution in [0.4, 0.5) is 5.13 Å². The summed E-state index contributed by atoms with van der Waals surface area (Å²) in [5.41, 5.74) is 3.66. The Bertz CT molecular complexity index is 1900. The molecule has 1 fully saturated rings. The zero-order valence-corrected chi connectivity index (χ0v) is 26.0. The number of amides is 1. The summed E-state index contributed by atoms with van der Waals surface area (Å²) in [4.78, 5) is 33.6. The number of ether oxygens (including phenoxy) is 3. The van der Waals surface area contributed by atoms with E-state index in [4.69, 9.17) is 19.2 Å². The predicted octanol–water partition coefficient (Wildman–Crippen LogP) is 7.61. The third-order valence-corrected chi connectivity index (χ3v) is 8.54. The molecule has 1 atom stereocenters. The summed E-state index contributed by atoms with van der Waals surface area (Å²) in [6, 6.07) is 26.7. The molecule has 0 aliphatic carbocycles. The van der Waals surface area contributed by atoms with Gasteiger partial charge in [-0.25, -0.2) is 4.98 Å². The van der Waals surface area contributed by atoms with Gasteiger partial charge in [0.2, 0.25) is 0 Å². The van der Waals surface area contributed by atoms with Crippen LogP contribution in [-0.2, 0) is 16.2 Å². The first-order chi connectivity index (χ1) is 21.9. The monoisotopic (exact) mass is 620 g/mol. The van der Waals surface area contributed by atoms with E-state index in [1.807, 2.05) is 62.4 Å². The van der Waals surface area contributed by atoms with E-state index >= 15 is 0 Å². The molecule has 6 rings (SSSR count). The molecule has 1 unspecified atom stereocenters. The number of ketones is 1. The maximum absolute atomic E-state index is 13.8. The second kappa shape index (κ2) is 12.8. The maximum atomic E-state index is 13.8. The smallest absolute Gasteiger partial charge is 0.301 e. The minimum absolute atomic E-state index is 0.0438. The lowest BCUT2D eigenvalue weighted by Crippen LogP contribution is -2.29. The fourth-order valence-electron chi connectivity index (χ4n) is 5.26. The summed E-state index contributed by atoms with van der Waals surface area (Å²) in [5.74, 6) is -0.299. The highest BCUT2D eigenvalue weighted by Gasteiger charge is 2.48. The fourth-order valence-corrected chi connectivity index (χ4v) is 6.35. The maximum Gasteiger partial charge on any atom is 0.301 e. The molecule has 9 heteroatoms. The van der Waals surface area contributed by atoms with E-state index in [1.165, 1.54) is 23.3 Å². The van der Waals surface area contributed by atoms with Gasteiger partial charge in [0.15, 0.2) is 16.6 Å². The number of aliphatic hydroxyl groups excluding tert-OH is 1. The van der Waals surface area contributed by atoms with Crippen molar-refractivity contribution in [3.63, 3.8) is 0 Å². The third-order valence-electron chi connectivity index (χ3n) is 7.52. The molecule has 1 N–H and O–H groups in total. The molecule has 1 aromatic heterocycles. The molecule has 1 saturated heterocycles. The number of hydrogen-bond donors (Lipinski definition) is 1. The van der Waals surface area contributed by atoms with Gasteiger partial charge >= 0.3 is 5.91 Å². The normalized spacial score (nSPS) is 15.9. The number of hydrogen-bond acceptors (Lipinski definition) is 8. The number of fused-ring (bicyclic) bond motifs is 1. The van der Waals surface area contributed by atoms with Crippen LogP contribution in [-0.4, -0.2) is 35.5 Å². The van der Waals surface area contributed by atoms with Crippen LogP contribution in [0, 0.1) is 6.92 Å². The molecule has 0 bridgehead atoms. The van der Waals surface area contributed by atoms with Crippen molar-refractivity contribution < 1.29 is 28.9 Å². The summed E-state index contributed by atoms with van der Waals surface area (Å²) in [7, 11) is 1.53. The number of benzene rings is 4. The molecule has 1 amide bonds. The number of aromatic nitrogens is 1. The van der Waals surface area contributed by atoms with Crippen LogP contribution in [0.5, 0.6) is 17.2 Å². The number of Topliss-reactive ketones (excluding diaryl/α,β-unsaturated/α-hetero) is 1.